The zero-order valence-electron chi connectivity index (χ0n) is 12.9. The zero-order chi connectivity index (χ0) is 16.9. The third kappa shape index (κ3) is 4.08. The highest BCUT2D eigenvalue weighted by atomic mass is 32.1. The first-order chi connectivity index (χ1) is 11.6. The lowest BCUT2D eigenvalue weighted by Gasteiger charge is -2.08. The Morgan fingerprint density at radius 3 is 2.75 bits per heavy atom. The number of ether oxygens (including phenoxy) is 1. The predicted octanol–water partition coefficient (Wildman–Crippen LogP) is 3.27. The number of amides is 2. The van der Waals surface area contributed by atoms with Gasteiger partial charge in [-0.1, -0.05) is 29.5 Å². The van der Waals surface area contributed by atoms with Crippen LogP contribution in [0.2, 0.25) is 0 Å². The Bertz CT molecular complexity index is 858. The van der Waals surface area contributed by atoms with Crippen molar-refractivity contribution in [1.82, 2.24) is 4.98 Å². The van der Waals surface area contributed by atoms with Gasteiger partial charge in [-0.2, -0.15) is 0 Å². The molecule has 2 aromatic carbocycles. The number of carbonyl (C=O) groups is 2. The fourth-order valence-corrected chi connectivity index (χ4v) is 2.98. The second-order valence-electron chi connectivity index (χ2n) is 5.03. The van der Waals surface area contributed by atoms with Gasteiger partial charge in [0.25, 0.3) is 5.91 Å². The molecule has 1 heterocycles. The van der Waals surface area contributed by atoms with Gasteiger partial charge in [-0.25, -0.2) is 4.98 Å². The van der Waals surface area contributed by atoms with Crippen molar-refractivity contribution < 1.29 is 14.3 Å². The van der Waals surface area contributed by atoms with E-state index in [4.69, 9.17) is 4.74 Å². The van der Waals surface area contributed by atoms with Crippen LogP contribution in [0.3, 0.4) is 0 Å². The largest absolute Gasteiger partial charge is 0.484 e. The first-order valence-electron chi connectivity index (χ1n) is 7.26. The SMILES string of the molecule is CC(=O)Nc1cccc(OCC(=O)Nc2nc3ccccc3s2)c1. The maximum Gasteiger partial charge on any atom is 0.264 e. The van der Waals surface area contributed by atoms with Crippen molar-refractivity contribution in [3.05, 3.63) is 48.5 Å². The van der Waals surface area contributed by atoms with E-state index in [0.29, 0.717) is 16.6 Å². The standard InChI is InChI=1S/C17H15N3O3S/c1-11(21)18-12-5-4-6-13(9-12)23-10-16(22)20-17-19-14-7-2-3-8-15(14)24-17/h2-9H,10H2,1H3,(H,18,21)(H,19,20,22). The lowest BCUT2D eigenvalue weighted by molar-refractivity contribution is -0.118. The van der Waals surface area contributed by atoms with Crippen LogP contribution in [0.15, 0.2) is 48.5 Å². The molecule has 2 N–H and O–H groups in total. The number of thiazole rings is 1. The van der Waals surface area contributed by atoms with Crippen LogP contribution < -0.4 is 15.4 Å². The second kappa shape index (κ2) is 7.10. The van der Waals surface area contributed by atoms with Crippen molar-refractivity contribution in [2.45, 2.75) is 6.92 Å². The molecule has 0 spiro atoms. The van der Waals surface area contributed by atoms with Crippen molar-refractivity contribution in [3.63, 3.8) is 0 Å². The number of hydrogen-bond acceptors (Lipinski definition) is 5. The lowest BCUT2D eigenvalue weighted by atomic mass is 10.3. The average molecular weight is 341 g/mol. The minimum Gasteiger partial charge on any atom is -0.484 e. The summed E-state index contributed by atoms with van der Waals surface area (Å²) in [4.78, 5) is 27.4. The fourth-order valence-electron chi connectivity index (χ4n) is 2.10. The molecular weight excluding hydrogens is 326 g/mol. The molecule has 1 aromatic heterocycles. The highest BCUT2D eigenvalue weighted by molar-refractivity contribution is 7.22. The molecule has 0 bridgehead atoms. The lowest BCUT2D eigenvalue weighted by Crippen LogP contribution is -2.20. The van der Waals surface area contributed by atoms with Gasteiger partial charge in [-0.3, -0.25) is 14.9 Å². The smallest absolute Gasteiger partial charge is 0.264 e. The number of hydrogen-bond donors (Lipinski definition) is 2. The van der Waals surface area contributed by atoms with Gasteiger partial charge in [0, 0.05) is 18.7 Å². The van der Waals surface area contributed by atoms with Gasteiger partial charge in [0.05, 0.1) is 10.2 Å². The molecule has 3 aromatic rings. The maximum absolute atomic E-state index is 12.0. The predicted molar refractivity (Wildman–Crippen MR) is 94.5 cm³/mol. The quantitative estimate of drug-likeness (QED) is 0.746. The van der Waals surface area contributed by atoms with Crippen molar-refractivity contribution in [1.29, 1.82) is 0 Å². The van der Waals surface area contributed by atoms with Gasteiger partial charge < -0.3 is 10.1 Å². The summed E-state index contributed by atoms with van der Waals surface area (Å²) < 4.78 is 6.46. The molecule has 0 saturated heterocycles. The Hall–Kier alpha value is -2.93. The molecule has 0 atom stereocenters. The third-order valence-electron chi connectivity index (χ3n) is 3.06. The first-order valence-corrected chi connectivity index (χ1v) is 8.08. The Kier molecular flexibility index (Phi) is 4.72. The molecule has 0 aliphatic carbocycles. The summed E-state index contributed by atoms with van der Waals surface area (Å²) in [5.41, 5.74) is 1.47. The Balaban J connectivity index is 1.58. The van der Waals surface area contributed by atoms with E-state index in [2.05, 4.69) is 15.6 Å². The molecule has 7 heteroatoms. The fraction of sp³-hybridized carbons (Fsp3) is 0.118. The monoisotopic (exact) mass is 341 g/mol. The van der Waals surface area contributed by atoms with E-state index in [1.807, 2.05) is 24.3 Å². The minimum atomic E-state index is -0.293. The number of rotatable bonds is 5. The summed E-state index contributed by atoms with van der Waals surface area (Å²) in [5, 5.41) is 5.92. The number of carbonyl (C=O) groups excluding carboxylic acids is 2. The molecule has 3 rings (SSSR count). The van der Waals surface area contributed by atoms with Crippen molar-refractivity contribution >= 4 is 44.2 Å². The number of nitrogens with one attached hydrogen (secondary N) is 2. The molecule has 122 valence electrons. The zero-order valence-corrected chi connectivity index (χ0v) is 13.7. The van der Waals surface area contributed by atoms with Gasteiger partial charge in [-0.15, -0.1) is 0 Å². The van der Waals surface area contributed by atoms with Crippen LogP contribution in [-0.2, 0) is 9.59 Å². The Labute approximate surface area is 142 Å². The van der Waals surface area contributed by atoms with Crippen LogP contribution in [0.4, 0.5) is 10.8 Å². The van der Waals surface area contributed by atoms with E-state index < -0.39 is 0 Å². The van der Waals surface area contributed by atoms with Gasteiger partial charge in [-0.05, 0) is 24.3 Å². The van der Waals surface area contributed by atoms with Crippen LogP contribution in [0, 0.1) is 0 Å². The van der Waals surface area contributed by atoms with E-state index in [1.54, 1.807) is 24.3 Å². The number of aromatic nitrogens is 1. The normalized spacial score (nSPS) is 10.4. The molecule has 2 amide bonds. The highest BCUT2D eigenvalue weighted by Gasteiger charge is 2.08. The summed E-state index contributed by atoms with van der Waals surface area (Å²) >= 11 is 1.41. The van der Waals surface area contributed by atoms with Crippen LogP contribution in [-0.4, -0.2) is 23.4 Å². The molecule has 0 aliphatic heterocycles. The topological polar surface area (TPSA) is 80.3 Å². The van der Waals surface area contributed by atoms with E-state index in [1.165, 1.54) is 18.3 Å². The van der Waals surface area contributed by atoms with Gasteiger partial charge in [0.15, 0.2) is 11.7 Å². The summed E-state index contributed by atoms with van der Waals surface area (Å²) in [6.07, 6.45) is 0. The van der Waals surface area contributed by atoms with Crippen LogP contribution in [0.1, 0.15) is 6.92 Å². The summed E-state index contributed by atoms with van der Waals surface area (Å²) in [6, 6.07) is 14.5. The number of benzene rings is 2. The third-order valence-corrected chi connectivity index (χ3v) is 4.02. The Morgan fingerprint density at radius 2 is 1.96 bits per heavy atom. The van der Waals surface area contributed by atoms with Crippen LogP contribution in [0.25, 0.3) is 10.2 Å². The number of anilines is 2. The number of fused-ring (bicyclic) bond motifs is 1. The summed E-state index contributed by atoms with van der Waals surface area (Å²) in [6.45, 7) is 1.29. The molecule has 24 heavy (non-hydrogen) atoms. The summed E-state index contributed by atoms with van der Waals surface area (Å²) in [5.74, 6) is 0.0421. The molecule has 0 aliphatic rings. The first kappa shape index (κ1) is 15.9. The van der Waals surface area contributed by atoms with Crippen LogP contribution in [0.5, 0.6) is 5.75 Å². The molecule has 0 saturated carbocycles. The van der Waals surface area contributed by atoms with Crippen molar-refractivity contribution in [2.24, 2.45) is 0 Å². The number of para-hydroxylation sites is 1. The molecule has 0 unspecified atom stereocenters. The molecule has 0 radical (unpaired) electrons. The molecular formula is C17H15N3O3S. The maximum atomic E-state index is 12.0. The van der Waals surface area contributed by atoms with Gasteiger partial charge in [0.2, 0.25) is 5.91 Å². The van der Waals surface area contributed by atoms with E-state index in [0.717, 1.165) is 10.2 Å². The average Bonchev–Trinajstić information content (AvgIpc) is 2.95. The van der Waals surface area contributed by atoms with Gasteiger partial charge >= 0.3 is 0 Å². The summed E-state index contributed by atoms with van der Waals surface area (Å²) in [7, 11) is 0. The van der Waals surface area contributed by atoms with Crippen LogP contribution >= 0.6 is 11.3 Å². The minimum absolute atomic E-state index is 0.139. The number of nitrogens with zero attached hydrogens (tertiary/aromatic N) is 1. The van der Waals surface area contributed by atoms with E-state index >= 15 is 0 Å². The van der Waals surface area contributed by atoms with Gasteiger partial charge in [0.1, 0.15) is 5.75 Å². The second-order valence-corrected chi connectivity index (χ2v) is 6.06. The van der Waals surface area contributed by atoms with Crippen molar-refractivity contribution in [2.75, 3.05) is 17.2 Å². The van der Waals surface area contributed by atoms with Crippen molar-refractivity contribution in [3.8, 4) is 5.75 Å². The molecule has 6 nitrogen and oxygen atoms in total. The Morgan fingerprint density at radius 1 is 1.12 bits per heavy atom. The molecule has 0 fully saturated rings. The highest BCUT2D eigenvalue weighted by Crippen LogP contribution is 2.25. The van der Waals surface area contributed by atoms with E-state index in [9.17, 15) is 9.59 Å². The van der Waals surface area contributed by atoms with E-state index in [-0.39, 0.29) is 18.4 Å².